The molecule has 0 aliphatic carbocycles. The van der Waals surface area contributed by atoms with Gasteiger partial charge in [-0.25, -0.2) is 8.78 Å². The highest BCUT2D eigenvalue weighted by atomic mass is 19.2. The van der Waals surface area contributed by atoms with Crippen LogP contribution in [0, 0.1) is 11.6 Å². The highest BCUT2D eigenvalue weighted by Gasteiger charge is 2.07. The molecule has 0 aliphatic rings. The lowest BCUT2D eigenvalue weighted by Crippen LogP contribution is -2.11. The minimum Gasteiger partial charge on any atom is -0.373 e. The molecule has 1 aromatic carbocycles. The van der Waals surface area contributed by atoms with Crippen molar-refractivity contribution < 1.29 is 13.5 Å². The maximum absolute atomic E-state index is 12.9. The van der Waals surface area contributed by atoms with Gasteiger partial charge in [0.05, 0.1) is 12.7 Å². The van der Waals surface area contributed by atoms with Crippen molar-refractivity contribution in [2.75, 3.05) is 0 Å². The minimum absolute atomic E-state index is 0.0156. The molecule has 0 spiro atoms. The SMILES string of the molecule is C=CCC(CC=C)OCc1ccc(F)c(F)c1. The van der Waals surface area contributed by atoms with E-state index in [4.69, 9.17) is 4.74 Å². The van der Waals surface area contributed by atoms with Crippen LogP contribution in [0.15, 0.2) is 43.5 Å². The summed E-state index contributed by atoms with van der Waals surface area (Å²) in [5.41, 5.74) is 0.613. The van der Waals surface area contributed by atoms with Crippen LogP contribution in [0.2, 0.25) is 0 Å². The van der Waals surface area contributed by atoms with Crippen LogP contribution in [0.1, 0.15) is 18.4 Å². The Hall–Kier alpha value is -1.48. The van der Waals surface area contributed by atoms with Gasteiger partial charge in [-0.2, -0.15) is 0 Å². The lowest BCUT2D eigenvalue weighted by Gasteiger charge is -2.14. The van der Waals surface area contributed by atoms with E-state index < -0.39 is 11.6 Å². The summed E-state index contributed by atoms with van der Waals surface area (Å²) in [6, 6.07) is 3.76. The molecule has 0 fully saturated rings. The fraction of sp³-hybridized carbons (Fsp3) is 0.286. The summed E-state index contributed by atoms with van der Waals surface area (Å²) in [7, 11) is 0. The van der Waals surface area contributed by atoms with E-state index in [9.17, 15) is 8.78 Å². The second kappa shape index (κ2) is 6.97. The molecular formula is C14H16F2O. The van der Waals surface area contributed by atoms with Crippen LogP contribution in [0.25, 0.3) is 0 Å². The van der Waals surface area contributed by atoms with Gasteiger partial charge in [0, 0.05) is 0 Å². The second-order valence-corrected chi connectivity index (χ2v) is 3.73. The van der Waals surface area contributed by atoms with Crippen molar-refractivity contribution >= 4 is 0 Å². The molecule has 92 valence electrons. The predicted octanol–water partition coefficient (Wildman–Crippen LogP) is 4.00. The van der Waals surface area contributed by atoms with Crippen LogP contribution in [-0.2, 0) is 11.3 Å². The molecule has 0 aliphatic heterocycles. The summed E-state index contributed by atoms with van der Waals surface area (Å²) < 4.78 is 31.2. The average Bonchev–Trinajstić information content (AvgIpc) is 2.31. The summed E-state index contributed by atoms with van der Waals surface area (Å²) >= 11 is 0. The van der Waals surface area contributed by atoms with Crippen LogP contribution in [0.5, 0.6) is 0 Å². The molecule has 17 heavy (non-hydrogen) atoms. The van der Waals surface area contributed by atoms with Gasteiger partial charge in [-0.1, -0.05) is 18.2 Å². The molecule has 1 aromatic rings. The summed E-state index contributed by atoms with van der Waals surface area (Å²) in [5, 5.41) is 0. The predicted molar refractivity (Wildman–Crippen MR) is 64.6 cm³/mol. The Morgan fingerprint density at radius 1 is 1.12 bits per heavy atom. The normalized spacial score (nSPS) is 10.5. The van der Waals surface area contributed by atoms with Crippen LogP contribution in [0.4, 0.5) is 8.78 Å². The van der Waals surface area contributed by atoms with Crippen LogP contribution in [-0.4, -0.2) is 6.10 Å². The molecule has 0 bridgehead atoms. The molecule has 1 nitrogen and oxygen atoms in total. The first-order valence-electron chi connectivity index (χ1n) is 5.44. The largest absolute Gasteiger partial charge is 0.373 e. The Bertz CT molecular complexity index is 378. The van der Waals surface area contributed by atoms with Crippen molar-refractivity contribution in [3.8, 4) is 0 Å². The highest BCUT2D eigenvalue weighted by Crippen LogP contribution is 2.13. The molecule has 0 aromatic heterocycles. The van der Waals surface area contributed by atoms with Gasteiger partial charge in [0.2, 0.25) is 0 Å². The number of benzene rings is 1. The average molecular weight is 238 g/mol. The van der Waals surface area contributed by atoms with Gasteiger partial charge in [0.1, 0.15) is 0 Å². The number of halogens is 2. The number of ether oxygens (including phenoxy) is 1. The van der Waals surface area contributed by atoms with Crippen molar-refractivity contribution in [1.29, 1.82) is 0 Å². The third-order valence-corrected chi connectivity index (χ3v) is 2.33. The van der Waals surface area contributed by atoms with E-state index in [1.54, 1.807) is 12.2 Å². The van der Waals surface area contributed by atoms with Gasteiger partial charge in [0.15, 0.2) is 11.6 Å². The molecule has 3 heteroatoms. The summed E-state index contributed by atoms with van der Waals surface area (Å²) in [4.78, 5) is 0. The van der Waals surface area contributed by atoms with Gasteiger partial charge >= 0.3 is 0 Å². The zero-order chi connectivity index (χ0) is 12.7. The van der Waals surface area contributed by atoms with E-state index in [0.717, 1.165) is 12.1 Å². The van der Waals surface area contributed by atoms with Gasteiger partial charge in [0.25, 0.3) is 0 Å². The smallest absolute Gasteiger partial charge is 0.159 e. The first-order valence-corrected chi connectivity index (χ1v) is 5.44. The minimum atomic E-state index is -0.852. The van der Waals surface area contributed by atoms with Crippen molar-refractivity contribution in [3.05, 3.63) is 60.7 Å². The molecule has 0 radical (unpaired) electrons. The van der Waals surface area contributed by atoms with Gasteiger partial charge in [-0.05, 0) is 30.5 Å². The van der Waals surface area contributed by atoms with E-state index in [0.29, 0.717) is 18.4 Å². The third-order valence-electron chi connectivity index (χ3n) is 2.33. The number of rotatable bonds is 7. The summed E-state index contributed by atoms with van der Waals surface area (Å²) in [6.07, 6.45) is 4.92. The van der Waals surface area contributed by atoms with E-state index in [2.05, 4.69) is 13.2 Å². The molecule has 0 saturated heterocycles. The zero-order valence-electron chi connectivity index (χ0n) is 9.66. The Labute approximate surface area is 100 Å². The zero-order valence-corrected chi connectivity index (χ0v) is 9.66. The maximum Gasteiger partial charge on any atom is 0.159 e. The van der Waals surface area contributed by atoms with Crippen molar-refractivity contribution in [3.63, 3.8) is 0 Å². The standard InChI is InChI=1S/C14H16F2O/c1-3-5-12(6-4-2)17-10-11-7-8-13(15)14(16)9-11/h3-4,7-9,12H,1-2,5-6,10H2. The van der Waals surface area contributed by atoms with Crippen molar-refractivity contribution in [1.82, 2.24) is 0 Å². The van der Waals surface area contributed by atoms with Crippen LogP contribution in [0.3, 0.4) is 0 Å². The van der Waals surface area contributed by atoms with E-state index in [1.807, 2.05) is 0 Å². The van der Waals surface area contributed by atoms with E-state index in [-0.39, 0.29) is 12.7 Å². The molecule has 1 rings (SSSR count). The molecule has 0 unspecified atom stereocenters. The Balaban J connectivity index is 2.55. The maximum atomic E-state index is 12.9. The van der Waals surface area contributed by atoms with Gasteiger partial charge < -0.3 is 4.74 Å². The van der Waals surface area contributed by atoms with Gasteiger partial charge in [-0.15, -0.1) is 13.2 Å². The summed E-state index contributed by atoms with van der Waals surface area (Å²) in [6.45, 7) is 7.53. The first-order chi connectivity index (χ1) is 8.17. The monoisotopic (exact) mass is 238 g/mol. The highest BCUT2D eigenvalue weighted by molar-refractivity contribution is 5.16. The molecule has 0 N–H and O–H groups in total. The van der Waals surface area contributed by atoms with E-state index in [1.165, 1.54) is 6.07 Å². The topological polar surface area (TPSA) is 9.23 Å². The Morgan fingerprint density at radius 2 is 1.76 bits per heavy atom. The lowest BCUT2D eigenvalue weighted by molar-refractivity contribution is 0.0446. The quantitative estimate of drug-likeness (QED) is 0.652. The number of hydrogen-bond donors (Lipinski definition) is 0. The molecule has 0 saturated carbocycles. The second-order valence-electron chi connectivity index (χ2n) is 3.73. The number of hydrogen-bond acceptors (Lipinski definition) is 1. The fourth-order valence-electron chi connectivity index (χ4n) is 1.45. The Kier molecular flexibility index (Phi) is 5.57. The van der Waals surface area contributed by atoms with Gasteiger partial charge in [-0.3, -0.25) is 0 Å². The summed E-state index contributed by atoms with van der Waals surface area (Å²) in [5.74, 6) is -1.70. The Morgan fingerprint density at radius 3 is 2.29 bits per heavy atom. The molecule has 0 heterocycles. The van der Waals surface area contributed by atoms with Crippen molar-refractivity contribution in [2.45, 2.75) is 25.6 Å². The van der Waals surface area contributed by atoms with E-state index >= 15 is 0 Å². The third kappa shape index (κ3) is 4.49. The molecule has 0 atom stereocenters. The fourth-order valence-corrected chi connectivity index (χ4v) is 1.45. The lowest BCUT2D eigenvalue weighted by atomic mass is 10.1. The molecule has 0 amide bonds. The van der Waals surface area contributed by atoms with Crippen LogP contribution < -0.4 is 0 Å². The first kappa shape index (κ1) is 13.6. The van der Waals surface area contributed by atoms with Crippen LogP contribution >= 0.6 is 0 Å². The van der Waals surface area contributed by atoms with Crippen molar-refractivity contribution in [2.24, 2.45) is 0 Å². The molecular weight excluding hydrogens is 222 g/mol.